The van der Waals surface area contributed by atoms with Crippen LogP contribution < -0.4 is 0 Å². The molecular weight excluding hydrogens is 748 g/mol. The summed E-state index contributed by atoms with van der Waals surface area (Å²) in [6.07, 6.45) is 20.4. The third-order valence-electron chi connectivity index (χ3n) is 9.62. The first-order valence-corrected chi connectivity index (χ1v) is 22.8. The van der Waals surface area contributed by atoms with Crippen LogP contribution in [0.15, 0.2) is 0 Å². The van der Waals surface area contributed by atoms with Crippen molar-refractivity contribution in [2.75, 3.05) is 39.6 Å². The lowest BCUT2D eigenvalue weighted by atomic mass is 9.95. The van der Waals surface area contributed by atoms with Crippen molar-refractivity contribution in [3.05, 3.63) is 0 Å². The number of ether oxygens (including phenoxy) is 6. The Hall–Kier alpha value is -3.22. The van der Waals surface area contributed by atoms with Gasteiger partial charge in [-0.15, -0.1) is 0 Å². The van der Waals surface area contributed by atoms with Crippen LogP contribution in [-0.4, -0.2) is 86.2 Å². The number of aliphatic hydroxyl groups is 1. The van der Waals surface area contributed by atoms with Crippen molar-refractivity contribution in [1.82, 2.24) is 0 Å². The van der Waals surface area contributed by atoms with Gasteiger partial charge in [0.05, 0.1) is 52.5 Å². The highest BCUT2D eigenvalue weighted by atomic mass is 16.6. The molecule has 0 radical (unpaired) electrons. The van der Waals surface area contributed by atoms with Gasteiger partial charge in [-0.3, -0.25) is 24.0 Å². The Labute approximate surface area is 349 Å². The lowest BCUT2D eigenvalue weighted by Crippen LogP contribution is -2.45. The van der Waals surface area contributed by atoms with Crippen LogP contribution in [0.25, 0.3) is 0 Å². The molecule has 0 aliphatic rings. The van der Waals surface area contributed by atoms with E-state index < -0.39 is 36.4 Å². The molecule has 0 aromatic rings. The Morgan fingerprint density at radius 1 is 0.328 bits per heavy atom. The summed E-state index contributed by atoms with van der Waals surface area (Å²) in [5, 5.41) is 11.3. The summed E-state index contributed by atoms with van der Waals surface area (Å²) in [5.74, 6) is -3.51. The fraction of sp³-hybridized carbons (Fsp3) is 0.867. The maximum absolute atomic E-state index is 13.1. The van der Waals surface area contributed by atoms with Crippen molar-refractivity contribution in [2.24, 2.45) is 0 Å². The maximum atomic E-state index is 13.1. The number of hydrogen-bond donors (Lipinski definition) is 1. The molecule has 0 fully saturated rings. The zero-order valence-electron chi connectivity index (χ0n) is 36.6. The molecule has 0 heterocycles. The van der Waals surface area contributed by atoms with E-state index in [4.69, 9.17) is 28.4 Å². The summed E-state index contributed by atoms with van der Waals surface area (Å²) in [4.78, 5) is 74.2. The van der Waals surface area contributed by atoms with Crippen LogP contribution in [0, 0.1) is 0 Å². The molecule has 0 saturated heterocycles. The zero-order chi connectivity index (χ0) is 43.0. The minimum Gasteiger partial charge on any atom is -0.466 e. The monoisotopic (exact) mass is 829 g/mol. The van der Waals surface area contributed by atoms with Crippen molar-refractivity contribution in [2.45, 2.75) is 213 Å². The molecule has 58 heavy (non-hydrogen) atoms. The summed E-state index contributed by atoms with van der Waals surface area (Å²) in [6, 6.07) is 0. The Kier molecular flexibility index (Phi) is 37.1. The molecule has 1 N–H and O–H groups in total. The van der Waals surface area contributed by atoms with Gasteiger partial charge in [0.25, 0.3) is 0 Å². The molecule has 338 valence electrons. The first-order valence-electron chi connectivity index (χ1n) is 22.8. The van der Waals surface area contributed by atoms with Gasteiger partial charge in [-0.2, -0.15) is 0 Å². The van der Waals surface area contributed by atoms with Gasteiger partial charge in [0.2, 0.25) is 0 Å². The fourth-order valence-corrected chi connectivity index (χ4v) is 5.99. The third-order valence-corrected chi connectivity index (χ3v) is 9.62. The number of carbonyl (C=O) groups is 6. The second-order valence-electron chi connectivity index (χ2n) is 15.3. The summed E-state index contributed by atoms with van der Waals surface area (Å²) >= 11 is 0. The molecule has 0 aromatic carbocycles. The van der Waals surface area contributed by atoms with Crippen LogP contribution in [-0.2, 0) is 57.2 Å². The Balaban J connectivity index is 4.68. The zero-order valence-corrected chi connectivity index (χ0v) is 36.6. The average molecular weight is 829 g/mol. The standard InChI is InChI=1S/C45H80O13/c1-4-7-10-13-19-28-39(46)53-31-22-16-25-34-56-42(49)37-45(52,44(51)58-36-27-18-24-33-55-41(48)30-21-15-12-9-6-3)38-43(50)57-35-26-17-23-32-54-40(47)29-20-14-11-8-5-2/h52H,4-38H2,1-3H3. The van der Waals surface area contributed by atoms with Gasteiger partial charge in [0, 0.05) is 19.3 Å². The summed E-state index contributed by atoms with van der Waals surface area (Å²) in [5.41, 5.74) is -2.49. The first-order chi connectivity index (χ1) is 28.1. The molecule has 0 rings (SSSR count). The number of hydrogen-bond acceptors (Lipinski definition) is 13. The van der Waals surface area contributed by atoms with Gasteiger partial charge >= 0.3 is 35.8 Å². The molecule has 0 unspecified atom stereocenters. The highest BCUT2D eigenvalue weighted by Crippen LogP contribution is 2.21. The molecule has 13 nitrogen and oxygen atoms in total. The van der Waals surface area contributed by atoms with E-state index in [9.17, 15) is 33.9 Å². The largest absolute Gasteiger partial charge is 0.466 e. The van der Waals surface area contributed by atoms with Crippen molar-refractivity contribution in [1.29, 1.82) is 0 Å². The van der Waals surface area contributed by atoms with Crippen molar-refractivity contribution >= 4 is 35.8 Å². The Morgan fingerprint density at radius 2 is 0.569 bits per heavy atom. The van der Waals surface area contributed by atoms with Gasteiger partial charge in [0.15, 0.2) is 5.60 Å². The van der Waals surface area contributed by atoms with E-state index in [1.165, 1.54) is 12.8 Å². The van der Waals surface area contributed by atoms with E-state index in [-0.39, 0.29) is 57.5 Å². The van der Waals surface area contributed by atoms with Gasteiger partial charge in [-0.05, 0) is 77.0 Å². The number of rotatable bonds is 41. The van der Waals surface area contributed by atoms with Gasteiger partial charge in [-0.25, -0.2) is 4.79 Å². The van der Waals surface area contributed by atoms with E-state index >= 15 is 0 Å². The number of unbranched alkanes of at least 4 members (excludes halogenated alkanes) is 18. The van der Waals surface area contributed by atoms with Crippen molar-refractivity contribution in [3.8, 4) is 0 Å². The lowest BCUT2D eigenvalue weighted by Gasteiger charge is -2.24. The van der Waals surface area contributed by atoms with E-state index in [1.54, 1.807) is 0 Å². The quantitative estimate of drug-likeness (QED) is 0.0350. The first kappa shape index (κ1) is 54.8. The molecule has 0 atom stereocenters. The normalized spacial score (nSPS) is 11.2. The van der Waals surface area contributed by atoms with Gasteiger partial charge < -0.3 is 33.5 Å². The summed E-state index contributed by atoms with van der Waals surface area (Å²) in [7, 11) is 0. The molecular formula is C45H80O13. The molecule has 0 spiro atoms. The van der Waals surface area contributed by atoms with Crippen LogP contribution in [0.3, 0.4) is 0 Å². The van der Waals surface area contributed by atoms with Crippen LogP contribution in [0.1, 0.15) is 207 Å². The minimum atomic E-state index is -2.49. The van der Waals surface area contributed by atoms with E-state index in [0.29, 0.717) is 77.0 Å². The van der Waals surface area contributed by atoms with Crippen LogP contribution in [0.4, 0.5) is 0 Å². The lowest BCUT2D eigenvalue weighted by molar-refractivity contribution is -0.178. The average Bonchev–Trinajstić information content (AvgIpc) is 3.19. The smallest absolute Gasteiger partial charge is 0.339 e. The maximum Gasteiger partial charge on any atom is 0.339 e. The van der Waals surface area contributed by atoms with E-state index in [2.05, 4.69) is 20.8 Å². The molecule has 0 aliphatic carbocycles. The minimum absolute atomic E-state index is 0.0253. The fourth-order valence-electron chi connectivity index (χ4n) is 5.99. The molecule has 0 saturated carbocycles. The summed E-state index contributed by atoms with van der Waals surface area (Å²) in [6.45, 7) is 7.24. The van der Waals surface area contributed by atoms with E-state index in [0.717, 1.165) is 83.5 Å². The van der Waals surface area contributed by atoms with Gasteiger partial charge in [-0.1, -0.05) is 97.8 Å². The topological polar surface area (TPSA) is 178 Å². The number of carbonyl (C=O) groups excluding carboxylic acids is 6. The predicted molar refractivity (Wildman–Crippen MR) is 222 cm³/mol. The van der Waals surface area contributed by atoms with Crippen LogP contribution >= 0.6 is 0 Å². The van der Waals surface area contributed by atoms with Crippen molar-refractivity contribution < 1.29 is 62.3 Å². The Bertz CT molecular complexity index is 1020. The van der Waals surface area contributed by atoms with Crippen LogP contribution in [0.5, 0.6) is 0 Å². The highest BCUT2D eigenvalue weighted by Gasteiger charge is 2.43. The predicted octanol–water partition coefficient (Wildman–Crippen LogP) is 9.35. The van der Waals surface area contributed by atoms with Gasteiger partial charge in [0.1, 0.15) is 0 Å². The SMILES string of the molecule is CCCCCCCC(=O)OCCCCCOC(=O)CC(O)(CC(=O)OCCCCCOC(=O)CCCCCCC)C(=O)OCCCCCOC(=O)CCCCCCC. The molecule has 0 aromatic heterocycles. The molecule has 13 heteroatoms. The summed E-state index contributed by atoms with van der Waals surface area (Å²) < 4.78 is 31.6. The highest BCUT2D eigenvalue weighted by molar-refractivity contribution is 5.90. The third kappa shape index (κ3) is 34.8. The molecule has 0 aliphatic heterocycles. The van der Waals surface area contributed by atoms with E-state index in [1.807, 2.05) is 0 Å². The second kappa shape index (κ2) is 39.3. The Morgan fingerprint density at radius 3 is 0.862 bits per heavy atom. The second-order valence-corrected chi connectivity index (χ2v) is 15.3. The number of esters is 6. The van der Waals surface area contributed by atoms with Crippen LogP contribution in [0.2, 0.25) is 0 Å². The molecule has 0 amide bonds. The van der Waals surface area contributed by atoms with Crippen molar-refractivity contribution in [3.63, 3.8) is 0 Å². The molecule has 0 bridgehead atoms.